The zero-order valence-corrected chi connectivity index (χ0v) is 7.91. The minimum Gasteiger partial charge on any atom is -0.351 e. The highest BCUT2D eigenvalue weighted by Gasteiger charge is 2.10. The first kappa shape index (κ1) is 10.3. The maximum absolute atomic E-state index is 11.1. The number of anilines is 1. The molecule has 1 rings (SSSR count). The zero-order chi connectivity index (χ0) is 10.6. The van der Waals surface area contributed by atoms with Crippen molar-refractivity contribution in [1.82, 2.24) is 4.72 Å². The quantitative estimate of drug-likeness (QED) is 0.662. The normalized spacial score (nSPS) is 10.6. The van der Waals surface area contributed by atoms with E-state index in [1.165, 1.54) is 0 Å². The van der Waals surface area contributed by atoms with Gasteiger partial charge in [0.1, 0.15) is 0 Å². The molecular weight excluding hydrogens is 206 g/mol. The number of hydrogen-bond donors (Lipinski definition) is 3. The summed E-state index contributed by atoms with van der Waals surface area (Å²) in [4.78, 5) is 10.3. The van der Waals surface area contributed by atoms with E-state index in [4.69, 9.17) is 0 Å². The van der Waals surface area contributed by atoms with Gasteiger partial charge in [0.05, 0.1) is 5.69 Å². The van der Waals surface area contributed by atoms with Gasteiger partial charge in [-0.1, -0.05) is 18.2 Å². The molecule has 0 spiro atoms. The van der Waals surface area contributed by atoms with Gasteiger partial charge >= 0.3 is 16.2 Å². The molecule has 0 saturated heterocycles. The number of amides is 2. The van der Waals surface area contributed by atoms with E-state index in [0.717, 1.165) is 0 Å². The van der Waals surface area contributed by atoms with Crippen molar-refractivity contribution in [2.24, 2.45) is 5.73 Å². The number of nitrogens with two attached hydrogens (primary N) is 1. The third-order valence-electron chi connectivity index (χ3n) is 1.26. The molecule has 0 aromatic heterocycles. The summed E-state index contributed by atoms with van der Waals surface area (Å²) in [5, 5.41) is 0. The monoisotopic (exact) mass is 215 g/mol. The van der Waals surface area contributed by atoms with Gasteiger partial charge in [0.15, 0.2) is 0 Å². The third-order valence-corrected chi connectivity index (χ3v) is 2.24. The molecule has 0 unspecified atom stereocenters. The number of carbonyl (C=O) groups is 1. The molecule has 0 heterocycles. The first-order valence-corrected chi connectivity index (χ1v) is 5.13. The average molecular weight is 215 g/mol. The van der Waals surface area contributed by atoms with Crippen molar-refractivity contribution in [2.45, 2.75) is 0 Å². The minimum atomic E-state index is -3.91. The van der Waals surface area contributed by atoms with Crippen LogP contribution in [0.15, 0.2) is 30.3 Å². The lowest BCUT2D eigenvalue weighted by Gasteiger charge is -2.06. The van der Waals surface area contributed by atoms with Crippen LogP contribution in [-0.4, -0.2) is 14.4 Å². The van der Waals surface area contributed by atoms with Crippen molar-refractivity contribution in [1.29, 1.82) is 0 Å². The molecule has 4 N–H and O–H groups in total. The molecule has 14 heavy (non-hydrogen) atoms. The number of nitrogens with one attached hydrogen (secondary N) is 2. The number of primary amides is 1. The standard InChI is InChI=1S/C7H9N3O3S/c8-7(11)10-14(12,13)9-6-4-2-1-3-5-6/h1-5,9H,(H3,8,10,11). The summed E-state index contributed by atoms with van der Waals surface area (Å²) in [5.41, 5.74) is 5.01. The lowest BCUT2D eigenvalue weighted by molar-refractivity contribution is 0.253. The zero-order valence-electron chi connectivity index (χ0n) is 7.10. The highest BCUT2D eigenvalue weighted by atomic mass is 32.2. The van der Waals surface area contributed by atoms with Crippen molar-refractivity contribution in [3.8, 4) is 0 Å². The molecule has 0 aliphatic heterocycles. The highest BCUT2D eigenvalue weighted by molar-refractivity contribution is 7.91. The Morgan fingerprint density at radius 3 is 2.29 bits per heavy atom. The van der Waals surface area contributed by atoms with Gasteiger partial charge in [-0.05, 0) is 12.1 Å². The number of rotatable bonds is 3. The topological polar surface area (TPSA) is 101 Å². The molecule has 76 valence electrons. The molecule has 0 radical (unpaired) electrons. The summed E-state index contributed by atoms with van der Waals surface area (Å²) in [5.74, 6) is 0. The molecule has 0 bridgehead atoms. The molecule has 7 heteroatoms. The van der Waals surface area contributed by atoms with Crippen LogP contribution < -0.4 is 15.2 Å². The van der Waals surface area contributed by atoms with Crippen LogP contribution in [0.25, 0.3) is 0 Å². The van der Waals surface area contributed by atoms with Gasteiger partial charge in [0.25, 0.3) is 0 Å². The second kappa shape index (κ2) is 3.97. The van der Waals surface area contributed by atoms with Crippen LogP contribution in [0, 0.1) is 0 Å². The average Bonchev–Trinajstić information content (AvgIpc) is 2.02. The summed E-state index contributed by atoms with van der Waals surface area (Å²) < 4.78 is 25.9. The molecular formula is C7H9N3O3S. The number of hydrogen-bond acceptors (Lipinski definition) is 3. The van der Waals surface area contributed by atoms with E-state index >= 15 is 0 Å². The summed E-state index contributed by atoms with van der Waals surface area (Å²) in [6, 6.07) is 7.00. The number of para-hydroxylation sites is 1. The molecule has 1 aromatic carbocycles. The number of carbonyl (C=O) groups excluding carboxylic acids is 1. The Morgan fingerprint density at radius 2 is 1.79 bits per heavy atom. The van der Waals surface area contributed by atoms with Gasteiger partial charge in [0.2, 0.25) is 0 Å². The summed E-state index contributed by atoms with van der Waals surface area (Å²) in [7, 11) is -3.91. The van der Waals surface area contributed by atoms with Crippen molar-refractivity contribution in [3.63, 3.8) is 0 Å². The minimum absolute atomic E-state index is 0.348. The fraction of sp³-hybridized carbons (Fsp3) is 0. The molecule has 0 fully saturated rings. The van der Waals surface area contributed by atoms with E-state index in [-0.39, 0.29) is 0 Å². The predicted octanol–water partition coefficient (Wildman–Crippen LogP) is 0.0116. The second-order valence-corrected chi connectivity index (χ2v) is 3.85. The van der Waals surface area contributed by atoms with Crippen molar-refractivity contribution >= 4 is 21.9 Å². The molecule has 0 atom stereocenters. The van der Waals surface area contributed by atoms with Crippen LogP contribution in [0.3, 0.4) is 0 Å². The van der Waals surface area contributed by atoms with Crippen LogP contribution in [0.5, 0.6) is 0 Å². The van der Waals surface area contributed by atoms with Crippen molar-refractivity contribution < 1.29 is 13.2 Å². The summed E-state index contributed by atoms with van der Waals surface area (Å²) in [6.07, 6.45) is 0. The lowest BCUT2D eigenvalue weighted by Crippen LogP contribution is -2.38. The first-order chi connectivity index (χ1) is 6.49. The number of urea groups is 1. The largest absolute Gasteiger partial charge is 0.351 e. The second-order valence-electron chi connectivity index (χ2n) is 2.44. The van der Waals surface area contributed by atoms with Crippen LogP contribution >= 0.6 is 0 Å². The Kier molecular flexibility index (Phi) is 2.92. The van der Waals surface area contributed by atoms with Crippen molar-refractivity contribution in [3.05, 3.63) is 30.3 Å². The Bertz CT molecular complexity index is 415. The molecule has 1 aromatic rings. The van der Waals surface area contributed by atoms with E-state index in [1.807, 2.05) is 0 Å². The number of benzene rings is 1. The molecule has 6 nitrogen and oxygen atoms in total. The molecule has 2 amide bonds. The van der Waals surface area contributed by atoms with Crippen LogP contribution in [0.2, 0.25) is 0 Å². The van der Waals surface area contributed by atoms with Gasteiger partial charge in [0, 0.05) is 0 Å². The summed E-state index contributed by atoms with van der Waals surface area (Å²) in [6.45, 7) is 0. The molecule has 0 saturated carbocycles. The van der Waals surface area contributed by atoms with Crippen LogP contribution in [-0.2, 0) is 10.2 Å². The van der Waals surface area contributed by atoms with Gasteiger partial charge < -0.3 is 5.73 Å². The fourth-order valence-corrected chi connectivity index (χ4v) is 1.58. The van der Waals surface area contributed by atoms with Gasteiger partial charge in [-0.3, -0.25) is 4.72 Å². The predicted molar refractivity (Wildman–Crippen MR) is 51.7 cm³/mol. The Balaban J connectivity index is 2.74. The van der Waals surface area contributed by atoms with Crippen LogP contribution in [0.1, 0.15) is 0 Å². The fourth-order valence-electron chi connectivity index (χ4n) is 0.819. The maximum Gasteiger partial charge on any atom is 0.327 e. The van der Waals surface area contributed by atoms with Gasteiger partial charge in [-0.15, -0.1) is 0 Å². The van der Waals surface area contributed by atoms with E-state index in [2.05, 4.69) is 10.5 Å². The Labute approximate surface area is 81.3 Å². The van der Waals surface area contributed by atoms with Crippen LogP contribution in [0.4, 0.5) is 10.5 Å². The lowest BCUT2D eigenvalue weighted by atomic mass is 10.3. The smallest absolute Gasteiger partial charge is 0.327 e. The van der Waals surface area contributed by atoms with Gasteiger partial charge in [-0.2, -0.15) is 8.42 Å². The molecule has 0 aliphatic rings. The van der Waals surface area contributed by atoms with Crippen molar-refractivity contribution in [2.75, 3.05) is 4.72 Å². The highest BCUT2D eigenvalue weighted by Crippen LogP contribution is 2.06. The summed E-state index contributed by atoms with van der Waals surface area (Å²) >= 11 is 0. The molecule has 0 aliphatic carbocycles. The van der Waals surface area contributed by atoms with E-state index < -0.39 is 16.2 Å². The third kappa shape index (κ3) is 3.31. The first-order valence-electron chi connectivity index (χ1n) is 3.65. The van der Waals surface area contributed by atoms with E-state index in [9.17, 15) is 13.2 Å². The van der Waals surface area contributed by atoms with E-state index in [0.29, 0.717) is 5.69 Å². The van der Waals surface area contributed by atoms with Gasteiger partial charge in [-0.25, -0.2) is 9.52 Å². The Morgan fingerprint density at radius 1 is 1.21 bits per heavy atom. The Hall–Kier alpha value is -1.76. The SMILES string of the molecule is NC(=O)NS(=O)(=O)Nc1ccccc1. The maximum atomic E-state index is 11.1. The van der Waals surface area contributed by atoms with E-state index in [1.54, 1.807) is 35.1 Å².